The summed E-state index contributed by atoms with van der Waals surface area (Å²) in [6.07, 6.45) is 0.665. The van der Waals surface area contributed by atoms with E-state index in [1.807, 2.05) is 31.1 Å². The molecule has 0 radical (unpaired) electrons. The average molecular weight is 270 g/mol. The minimum absolute atomic E-state index is 0.0134. The van der Waals surface area contributed by atoms with Gasteiger partial charge in [0.05, 0.1) is 17.2 Å². The van der Waals surface area contributed by atoms with Crippen LogP contribution < -0.4 is 10.2 Å². The Morgan fingerprint density at radius 2 is 2.22 bits per heavy atom. The Morgan fingerprint density at radius 3 is 2.72 bits per heavy atom. The minimum atomic E-state index is -2.87. The summed E-state index contributed by atoms with van der Waals surface area (Å²) in [7, 11) is 0.855. The second-order valence-corrected chi connectivity index (χ2v) is 6.81. The van der Waals surface area contributed by atoms with E-state index in [0.717, 1.165) is 11.5 Å². The summed E-state index contributed by atoms with van der Waals surface area (Å²) in [5, 5.41) is 11.2. The van der Waals surface area contributed by atoms with Crippen molar-refractivity contribution in [1.82, 2.24) is 15.5 Å². The van der Waals surface area contributed by atoms with Crippen molar-refractivity contribution >= 4 is 15.7 Å². The van der Waals surface area contributed by atoms with Crippen LogP contribution in [0, 0.1) is 0 Å². The van der Waals surface area contributed by atoms with E-state index in [9.17, 15) is 8.42 Å². The molecule has 1 aliphatic rings. The highest BCUT2D eigenvalue weighted by molar-refractivity contribution is 7.91. The molecule has 0 aromatic carbocycles. The molecule has 1 unspecified atom stereocenters. The summed E-state index contributed by atoms with van der Waals surface area (Å²) < 4.78 is 22.9. The molecular weight excluding hydrogens is 252 g/mol. The van der Waals surface area contributed by atoms with Crippen LogP contribution in [-0.2, 0) is 16.4 Å². The van der Waals surface area contributed by atoms with Crippen LogP contribution in [-0.4, -0.2) is 50.3 Å². The molecule has 18 heavy (non-hydrogen) atoms. The van der Waals surface area contributed by atoms with Crippen LogP contribution >= 0.6 is 0 Å². The summed E-state index contributed by atoms with van der Waals surface area (Å²) in [6, 6.07) is 3.79. The van der Waals surface area contributed by atoms with Crippen molar-refractivity contribution in [1.29, 1.82) is 0 Å². The summed E-state index contributed by atoms with van der Waals surface area (Å²) in [5.74, 6) is 1.20. The largest absolute Gasteiger partial charge is 0.354 e. The molecule has 7 heteroatoms. The molecule has 1 N–H and O–H groups in total. The van der Waals surface area contributed by atoms with E-state index < -0.39 is 9.84 Å². The second kappa shape index (κ2) is 5.19. The van der Waals surface area contributed by atoms with Gasteiger partial charge in [0.15, 0.2) is 15.7 Å². The Morgan fingerprint density at radius 1 is 1.44 bits per heavy atom. The first-order valence-electron chi connectivity index (χ1n) is 5.92. The molecule has 100 valence electrons. The zero-order chi connectivity index (χ0) is 13.2. The number of anilines is 1. The number of nitrogens with one attached hydrogen (secondary N) is 1. The van der Waals surface area contributed by atoms with Crippen LogP contribution in [0.15, 0.2) is 12.1 Å². The van der Waals surface area contributed by atoms with Gasteiger partial charge in [0, 0.05) is 19.6 Å². The highest BCUT2D eigenvalue weighted by Gasteiger charge is 2.31. The third-order valence-electron chi connectivity index (χ3n) is 3.18. The molecule has 0 bridgehead atoms. The van der Waals surface area contributed by atoms with Gasteiger partial charge < -0.3 is 10.2 Å². The van der Waals surface area contributed by atoms with Gasteiger partial charge in [-0.2, -0.15) is 5.10 Å². The van der Waals surface area contributed by atoms with Crippen molar-refractivity contribution < 1.29 is 8.42 Å². The van der Waals surface area contributed by atoms with Crippen LogP contribution in [0.25, 0.3) is 0 Å². The lowest BCUT2D eigenvalue weighted by molar-refractivity contribution is 0.600. The van der Waals surface area contributed by atoms with E-state index in [-0.39, 0.29) is 17.5 Å². The third-order valence-corrected chi connectivity index (χ3v) is 4.93. The van der Waals surface area contributed by atoms with Gasteiger partial charge in [0.25, 0.3) is 0 Å². The van der Waals surface area contributed by atoms with Gasteiger partial charge in [-0.3, -0.25) is 0 Å². The lowest BCUT2D eigenvalue weighted by Gasteiger charge is -2.23. The fraction of sp³-hybridized carbons (Fsp3) is 0.636. The van der Waals surface area contributed by atoms with Gasteiger partial charge in [-0.05, 0) is 25.6 Å². The van der Waals surface area contributed by atoms with Crippen LogP contribution in [0.1, 0.15) is 12.1 Å². The molecule has 1 atom stereocenters. The van der Waals surface area contributed by atoms with Gasteiger partial charge in [0.1, 0.15) is 0 Å². The summed E-state index contributed by atoms with van der Waals surface area (Å²) >= 11 is 0. The Bertz CT molecular complexity index is 500. The highest BCUT2D eigenvalue weighted by Crippen LogP contribution is 2.20. The summed E-state index contributed by atoms with van der Waals surface area (Å²) in [5.41, 5.74) is 0.869. The standard InChI is InChI=1S/C11H18N4O2S/c1-12-7-9-3-4-11(14-13-9)15(2)10-5-6-18(16,17)8-10/h3-4,10,12H,5-8H2,1-2H3. The number of rotatable bonds is 4. The molecule has 0 aliphatic carbocycles. The fourth-order valence-corrected chi connectivity index (χ4v) is 3.86. The monoisotopic (exact) mass is 270 g/mol. The van der Waals surface area contributed by atoms with E-state index in [0.29, 0.717) is 13.0 Å². The minimum Gasteiger partial charge on any atom is -0.354 e. The first-order valence-corrected chi connectivity index (χ1v) is 7.74. The Kier molecular flexibility index (Phi) is 3.82. The smallest absolute Gasteiger partial charge is 0.152 e. The van der Waals surface area contributed by atoms with Crippen molar-refractivity contribution in [2.75, 3.05) is 30.5 Å². The molecular formula is C11H18N4O2S. The number of nitrogens with zero attached hydrogens (tertiary/aromatic N) is 3. The normalized spacial score (nSPS) is 22.0. The van der Waals surface area contributed by atoms with E-state index in [1.165, 1.54) is 0 Å². The number of aromatic nitrogens is 2. The number of hydrogen-bond acceptors (Lipinski definition) is 6. The SMILES string of the molecule is CNCc1ccc(N(C)C2CCS(=O)(=O)C2)nn1. The molecule has 2 rings (SSSR count). The van der Waals surface area contributed by atoms with E-state index >= 15 is 0 Å². The molecule has 1 aliphatic heterocycles. The van der Waals surface area contributed by atoms with Crippen molar-refractivity contribution in [3.05, 3.63) is 17.8 Å². The maximum absolute atomic E-state index is 11.4. The van der Waals surface area contributed by atoms with Crippen LogP contribution in [0.4, 0.5) is 5.82 Å². The van der Waals surface area contributed by atoms with Crippen molar-refractivity contribution in [3.63, 3.8) is 0 Å². The highest BCUT2D eigenvalue weighted by atomic mass is 32.2. The summed E-state index contributed by atoms with van der Waals surface area (Å²) in [6.45, 7) is 0.675. The van der Waals surface area contributed by atoms with Gasteiger partial charge in [-0.15, -0.1) is 5.10 Å². The van der Waals surface area contributed by atoms with Crippen molar-refractivity contribution in [3.8, 4) is 0 Å². The Balaban J connectivity index is 2.07. The predicted octanol–water partition coefficient (Wildman–Crippen LogP) is -0.181. The predicted molar refractivity (Wildman–Crippen MR) is 70.3 cm³/mol. The molecule has 0 amide bonds. The topological polar surface area (TPSA) is 75.2 Å². The maximum Gasteiger partial charge on any atom is 0.152 e. The fourth-order valence-electron chi connectivity index (χ4n) is 2.08. The average Bonchev–Trinajstić information content (AvgIpc) is 2.70. The van der Waals surface area contributed by atoms with E-state index in [4.69, 9.17) is 0 Å². The lowest BCUT2D eigenvalue weighted by atomic mass is 10.2. The Labute approximate surface area is 107 Å². The Hall–Kier alpha value is -1.21. The molecule has 6 nitrogen and oxygen atoms in total. The molecule has 0 spiro atoms. The van der Waals surface area contributed by atoms with Crippen LogP contribution in [0.2, 0.25) is 0 Å². The molecule has 1 fully saturated rings. The van der Waals surface area contributed by atoms with Gasteiger partial charge in [-0.25, -0.2) is 8.42 Å². The first-order chi connectivity index (χ1) is 8.52. The third kappa shape index (κ3) is 2.97. The quantitative estimate of drug-likeness (QED) is 0.818. The van der Waals surface area contributed by atoms with E-state index in [1.54, 1.807) is 0 Å². The lowest BCUT2D eigenvalue weighted by Crippen LogP contribution is -2.33. The molecule has 1 aromatic heterocycles. The zero-order valence-electron chi connectivity index (χ0n) is 10.6. The summed E-state index contributed by atoms with van der Waals surface area (Å²) in [4.78, 5) is 1.90. The maximum atomic E-state index is 11.4. The van der Waals surface area contributed by atoms with E-state index in [2.05, 4.69) is 15.5 Å². The molecule has 0 saturated carbocycles. The molecule has 1 aromatic rings. The molecule has 1 saturated heterocycles. The van der Waals surface area contributed by atoms with Crippen molar-refractivity contribution in [2.45, 2.75) is 19.0 Å². The van der Waals surface area contributed by atoms with Crippen molar-refractivity contribution in [2.24, 2.45) is 0 Å². The van der Waals surface area contributed by atoms with Gasteiger partial charge in [0.2, 0.25) is 0 Å². The van der Waals surface area contributed by atoms with Gasteiger partial charge >= 0.3 is 0 Å². The second-order valence-electron chi connectivity index (χ2n) is 4.58. The number of hydrogen-bond donors (Lipinski definition) is 1. The van der Waals surface area contributed by atoms with Crippen LogP contribution in [0.3, 0.4) is 0 Å². The van der Waals surface area contributed by atoms with Crippen LogP contribution in [0.5, 0.6) is 0 Å². The molecule has 2 heterocycles. The zero-order valence-corrected chi connectivity index (χ0v) is 11.4. The number of sulfone groups is 1. The van der Waals surface area contributed by atoms with Gasteiger partial charge in [-0.1, -0.05) is 0 Å². The first kappa shape index (κ1) is 13.2.